The van der Waals surface area contributed by atoms with Crippen LogP contribution in [-0.4, -0.2) is 55.1 Å². The van der Waals surface area contributed by atoms with Crippen molar-refractivity contribution in [3.05, 3.63) is 23.5 Å². The predicted octanol–water partition coefficient (Wildman–Crippen LogP) is -0.0543. The van der Waals surface area contributed by atoms with Gasteiger partial charge < -0.3 is 14.2 Å². The molecular weight excluding hydrogens is 304 g/mol. The molecule has 0 unspecified atom stereocenters. The molecule has 2 aliphatic rings. The monoisotopic (exact) mass is 320 g/mol. The molecule has 3 rings (SSSR count). The molecule has 2 saturated heterocycles. The van der Waals surface area contributed by atoms with E-state index in [-0.39, 0.29) is 10.7 Å². The number of hydrogen-bond acceptors (Lipinski definition) is 6. The molecule has 0 aliphatic carbocycles. The first-order valence-corrected chi connectivity index (χ1v) is 7.35. The highest BCUT2D eigenvalue weighted by Crippen LogP contribution is 2.22. The maximum absolute atomic E-state index is 11.8. The van der Waals surface area contributed by atoms with Crippen molar-refractivity contribution in [2.45, 2.75) is 0 Å². The van der Waals surface area contributed by atoms with Gasteiger partial charge in [-0.25, -0.2) is 0 Å². The number of nitrogens with one attached hydrogen (secondary N) is 2. The summed E-state index contributed by atoms with van der Waals surface area (Å²) in [4.78, 5) is 27.9. The summed E-state index contributed by atoms with van der Waals surface area (Å²) < 4.78 is 5.72. The van der Waals surface area contributed by atoms with E-state index in [1.165, 1.54) is 6.08 Å². The topological polar surface area (TPSA) is 77.8 Å². The summed E-state index contributed by atoms with van der Waals surface area (Å²) in [5.41, 5.74) is -0.0205. The number of carbonyl (C=O) groups excluding carboxylic acids is 2. The zero-order chi connectivity index (χ0) is 15.7. The third-order valence-corrected chi connectivity index (χ3v) is 3.86. The fourth-order valence-corrected chi connectivity index (χ4v) is 2.55. The van der Waals surface area contributed by atoms with Gasteiger partial charge in [-0.15, -0.1) is 0 Å². The first kappa shape index (κ1) is 14.7. The third kappa shape index (κ3) is 3.02. The van der Waals surface area contributed by atoms with E-state index in [0.29, 0.717) is 5.76 Å². The highest BCUT2D eigenvalue weighted by molar-refractivity contribution is 7.80. The number of rotatable bonds is 2. The van der Waals surface area contributed by atoms with Crippen molar-refractivity contribution in [1.82, 2.24) is 15.5 Å². The summed E-state index contributed by atoms with van der Waals surface area (Å²) >= 11 is 4.75. The summed E-state index contributed by atoms with van der Waals surface area (Å²) in [5, 5.41) is 4.80. The summed E-state index contributed by atoms with van der Waals surface area (Å²) in [5.74, 6) is 0.159. The quantitative estimate of drug-likeness (QED) is 0.452. The Hall–Kier alpha value is -2.19. The average Bonchev–Trinajstić information content (AvgIpc) is 2.92. The van der Waals surface area contributed by atoms with Crippen molar-refractivity contribution in [3.8, 4) is 0 Å². The highest BCUT2D eigenvalue weighted by Gasteiger charge is 2.26. The van der Waals surface area contributed by atoms with Crippen molar-refractivity contribution >= 4 is 41.1 Å². The molecule has 0 spiro atoms. The fourth-order valence-electron chi connectivity index (χ4n) is 2.37. The molecular formula is C14H16N4O3S. The third-order valence-electron chi connectivity index (χ3n) is 3.66. The van der Waals surface area contributed by atoms with Crippen molar-refractivity contribution in [2.75, 3.05) is 38.1 Å². The lowest BCUT2D eigenvalue weighted by Crippen LogP contribution is -2.51. The Balaban J connectivity index is 1.76. The molecule has 1 aromatic rings. The summed E-state index contributed by atoms with van der Waals surface area (Å²) in [6.45, 7) is 3.71. The zero-order valence-electron chi connectivity index (χ0n) is 12.1. The first-order chi connectivity index (χ1) is 10.5. The van der Waals surface area contributed by atoms with Crippen LogP contribution in [0.5, 0.6) is 0 Å². The predicted molar refractivity (Wildman–Crippen MR) is 85.3 cm³/mol. The van der Waals surface area contributed by atoms with E-state index < -0.39 is 11.8 Å². The normalized spacial score (nSPS) is 20.0. The van der Waals surface area contributed by atoms with Gasteiger partial charge in [0, 0.05) is 32.2 Å². The van der Waals surface area contributed by atoms with E-state index in [0.717, 1.165) is 32.1 Å². The molecule has 1 aromatic heterocycles. The van der Waals surface area contributed by atoms with Crippen LogP contribution in [0.2, 0.25) is 0 Å². The van der Waals surface area contributed by atoms with E-state index in [1.807, 2.05) is 6.07 Å². The van der Waals surface area contributed by atoms with Gasteiger partial charge in [-0.2, -0.15) is 0 Å². The molecule has 3 heterocycles. The largest absolute Gasteiger partial charge is 0.441 e. The van der Waals surface area contributed by atoms with Crippen LogP contribution in [0.1, 0.15) is 5.76 Å². The number of hydrogen-bond donors (Lipinski definition) is 2. The molecule has 2 N–H and O–H groups in total. The fraction of sp³-hybridized carbons (Fsp3) is 0.357. The second-order valence-electron chi connectivity index (χ2n) is 5.26. The zero-order valence-corrected chi connectivity index (χ0v) is 12.9. The number of amides is 2. The van der Waals surface area contributed by atoms with Crippen LogP contribution < -0.4 is 15.5 Å². The van der Waals surface area contributed by atoms with E-state index in [9.17, 15) is 9.59 Å². The minimum Gasteiger partial charge on any atom is -0.441 e. The molecule has 0 aromatic carbocycles. The minimum absolute atomic E-state index is 0.0183. The minimum atomic E-state index is -0.522. The van der Waals surface area contributed by atoms with Crippen LogP contribution in [0.25, 0.3) is 6.08 Å². The van der Waals surface area contributed by atoms with Gasteiger partial charge in [0.1, 0.15) is 11.3 Å². The summed E-state index contributed by atoms with van der Waals surface area (Å²) in [6, 6.07) is 3.59. The molecule has 7 nitrogen and oxygen atoms in total. The lowest BCUT2D eigenvalue weighted by Gasteiger charge is -2.32. The number of nitrogens with zero attached hydrogens (tertiary/aromatic N) is 2. The lowest BCUT2D eigenvalue weighted by molar-refractivity contribution is -0.123. The maximum Gasteiger partial charge on any atom is 0.263 e. The standard InChI is InChI=1S/C14H16N4O3S/c1-17-4-6-18(7-5-17)11-3-2-9(21-11)8-10-12(19)15-14(22)16-13(10)20/h2-3,8H,4-7H2,1H3,(H2,15,16,19,20,22). The highest BCUT2D eigenvalue weighted by atomic mass is 32.1. The Morgan fingerprint density at radius 2 is 1.77 bits per heavy atom. The SMILES string of the molecule is CN1CCN(c2ccc(C=C3C(=O)NC(=S)NC3=O)o2)CC1. The summed E-state index contributed by atoms with van der Waals surface area (Å²) in [7, 11) is 2.08. The van der Waals surface area contributed by atoms with Gasteiger partial charge >= 0.3 is 0 Å². The average molecular weight is 320 g/mol. The Labute approximate surface area is 132 Å². The smallest absolute Gasteiger partial charge is 0.263 e. The summed E-state index contributed by atoms with van der Waals surface area (Å²) in [6.07, 6.45) is 1.42. The van der Waals surface area contributed by atoms with Crippen molar-refractivity contribution in [3.63, 3.8) is 0 Å². The van der Waals surface area contributed by atoms with E-state index in [4.69, 9.17) is 16.6 Å². The number of piperazine rings is 1. The van der Waals surface area contributed by atoms with Crippen LogP contribution in [0.4, 0.5) is 5.88 Å². The van der Waals surface area contributed by atoms with Crippen LogP contribution in [-0.2, 0) is 9.59 Å². The van der Waals surface area contributed by atoms with Gasteiger partial charge in [-0.1, -0.05) is 0 Å². The maximum atomic E-state index is 11.8. The molecule has 22 heavy (non-hydrogen) atoms. The van der Waals surface area contributed by atoms with Crippen molar-refractivity contribution in [2.24, 2.45) is 0 Å². The van der Waals surface area contributed by atoms with Crippen LogP contribution in [0.15, 0.2) is 22.1 Å². The molecule has 2 amide bonds. The molecule has 0 radical (unpaired) electrons. The molecule has 2 fully saturated rings. The molecule has 2 aliphatic heterocycles. The number of thiocarbonyl (C=S) groups is 1. The Morgan fingerprint density at radius 1 is 1.14 bits per heavy atom. The molecule has 0 bridgehead atoms. The van der Waals surface area contributed by atoms with Crippen LogP contribution in [0.3, 0.4) is 0 Å². The van der Waals surface area contributed by atoms with Gasteiger partial charge in [0.05, 0.1) is 0 Å². The van der Waals surface area contributed by atoms with Gasteiger partial charge in [0.15, 0.2) is 11.0 Å². The molecule has 0 atom stereocenters. The van der Waals surface area contributed by atoms with E-state index in [2.05, 4.69) is 27.5 Å². The molecule has 116 valence electrons. The van der Waals surface area contributed by atoms with Gasteiger partial charge in [-0.3, -0.25) is 20.2 Å². The first-order valence-electron chi connectivity index (χ1n) is 6.94. The van der Waals surface area contributed by atoms with Gasteiger partial charge in [0.25, 0.3) is 11.8 Å². The number of carbonyl (C=O) groups is 2. The molecule has 8 heteroatoms. The number of likely N-dealkylation sites (N-methyl/N-ethyl adjacent to an activating group) is 1. The Morgan fingerprint density at radius 3 is 2.41 bits per heavy atom. The van der Waals surface area contributed by atoms with Crippen LogP contribution in [0, 0.1) is 0 Å². The second kappa shape index (κ2) is 5.90. The lowest BCUT2D eigenvalue weighted by atomic mass is 10.1. The van der Waals surface area contributed by atoms with Crippen LogP contribution >= 0.6 is 12.2 Å². The Kier molecular flexibility index (Phi) is 3.95. The number of anilines is 1. The van der Waals surface area contributed by atoms with E-state index in [1.54, 1.807) is 6.07 Å². The second-order valence-corrected chi connectivity index (χ2v) is 5.67. The molecule has 0 saturated carbocycles. The van der Waals surface area contributed by atoms with Crippen molar-refractivity contribution < 1.29 is 14.0 Å². The van der Waals surface area contributed by atoms with Gasteiger partial charge in [0.2, 0.25) is 0 Å². The number of furan rings is 1. The Bertz CT molecular complexity index is 637. The van der Waals surface area contributed by atoms with Crippen molar-refractivity contribution in [1.29, 1.82) is 0 Å². The van der Waals surface area contributed by atoms with E-state index >= 15 is 0 Å². The van der Waals surface area contributed by atoms with Gasteiger partial charge in [-0.05, 0) is 31.4 Å².